The third kappa shape index (κ3) is 5.65. The van der Waals surface area contributed by atoms with Crippen LogP contribution in [-0.2, 0) is 9.53 Å². The van der Waals surface area contributed by atoms with Crippen molar-refractivity contribution in [3.8, 4) is 17.0 Å². The maximum absolute atomic E-state index is 14.3. The zero-order valence-electron chi connectivity index (χ0n) is 22.0. The zero-order chi connectivity index (χ0) is 26.8. The number of hydrogen-bond acceptors (Lipinski definition) is 6. The van der Waals surface area contributed by atoms with Crippen LogP contribution in [0.3, 0.4) is 0 Å². The van der Waals surface area contributed by atoms with Gasteiger partial charge in [-0.1, -0.05) is 6.92 Å². The SMILES string of the molecule is COCC(=O)N[C@@H]1CC[C@H](NC(=O)c2c(C)[nH]c3c(-c4cc(F)ccc4OCC4CC4)ncnc23)C[C@H]1C. The lowest BCUT2D eigenvalue weighted by molar-refractivity contribution is -0.126. The van der Waals surface area contributed by atoms with Crippen molar-refractivity contribution in [3.05, 3.63) is 41.6 Å². The lowest BCUT2D eigenvalue weighted by Gasteiger charge is -2.35. The van der Waals surface area contributed by atoms with Gasteiger partial charge in [0.25, 0.3) is 5.91 Å². The number of amides is 2. The fourth-order valence-corrected chi connectivity index (χ4v) is 5.29. The van der Waals surface area contributed by atoms with Crippen LogP contribution in [0.15, 0.2) is 24.5 Å². The minimum absolute atomic E-state index is 0.0237. The zero-order valence-corrected chi connectivity index (χ0v) is 22.0. The first-order chi connectivity index (χ1) is 18.3. The summed E-state index contributed by atoms with van der Waals surface area (Å²) >= 11 is 0. The Morgan fingerprint density at radius 1 is 1.16 bits per heavy atom. The highest BCUT2D eigenvalue weighted by Gasteiger charge is 2.31. The largest absolute Gasteiger partial charge is 0.493 e. The maximum Gasteiger partial charge on any atom is 0.255 e. The van der Waals surface area contributed by atoms with Crippen LogP contribution in [0.4, 0.5) is 4.39 Å². The van der Waals surface area contributed by atoms with Gasteiger partial charge in [0.2, 0.25) is 5.91 Å². The number of benzene rings is 1. The molecule has 2 amide bonds. The number of halogens is 1. The van der Waals surface area contributed by atoms with Crippen LogP contribution < -0.4 is 15.4 Å². The van der Waals surface area contributed by atoms with Crippen molar-refractivity contribution in [2.75, 3.05) is 20.3 Å². The predicted octanol–water partition coefficient (Wildman–Crippen LogP) is 3.91. The van der Waals surface area contributed by atoms with Gasteiger partial charge >= 0.3 is 0 Å². The minimum atomic E-state index is -0.394. The summed E-state index contributed by atoms with van der Waals surface area (Å²) < 4.78 is 25.2. The minimum Gasteiger partial charge on any atom is -0.493 e. The number of fused-ring (bicyclic) bond motifs is 1. The summed E-state index contributed by atoms with van der Waals surface area (Å²) in [5.74, 6) is 0.559. The van der Waals surface area contributed by atoms with Gasteiger partial charge in [0.1, 0.15) is 35.7 Å². The molecule has 0 radical (unpaired) electrons. The fourth-order valence-electron chi connectivity index (χ4n) is 5.29. The Morgan fingerprint density at radius 3 is 2.71 bits per heavy atom. The quantitative estimate of drug-likeness (QED) is 0.391. The van der Waals surface area contributed by atoms with Crippen molar-refractivity contribution >= 4 is 22.8 Å². The van der Waals surface area contributed by atoms with E-state index in [1.54, 1.807) is 6.07 Å². The van der Waals surface area contributed by atoms with Crippen LogP contribution >= 0.6 is 0 Å². The number of nitrogens with one attached hydrogen (secondary N) is 3. The Bertz CT molecular complexity index is 1340. The monoisotopic (exact) mass is 523 g/mol. The van der Waals surface area contributed by atoms with E-state index in [1.807, 2.05) is 6.92 Å². The molecule has 0 spiro atoms. The van der Waals surface area contributed by atoms with Gasteiger partial charge in [-0.15, -0.1) is 0 Å². The summed E-state index contributed by atoms with van der Waals surface area (Å²) in [6, 6.07) is 4.44. The van der Waals surface area contributed by atoms with E-state index < -0.39 is 5.82 Å². The van der Waals surface area contributed by atoms with Gasteiger partial charge in [0.05, 0.1) is 17.7 Å². The Labute approximate surface area is 220 Å². The Morgan fingerprint density at radius 2 is 1.97 bits per heavy atom. The van der Waals surface area contributed by atoms with Crippen molar-refractivity contribution in [1.82, 2.24) is 25.6 Å². The third-order valence-electron chi connectivity index (χ3n) is 7.49. The topological polar surface area (TPSA) is 118 Å². The number of aryl methyl sites for hydroxylation is 1. The van der Waals surface area contributed by atoms with Crippen molar-refractivity contribution in [2.45, 2.75) is 58.0 Å². The summed E-state index contributed by atoms with van der Waals surface area (Å²) in [6.07, 6.45) is 5.95. The second-order valence-electron chi connectivity index (χ2n) is 10.5. The molecule has 0 aliphatic heterocycles. The normalized spacial score (nSPS) is 21.3. The van der Waals surface area contributed by atoms with Crippen LogP contribution in [0.1, 0.15) is 55.1 Å². The lowest BCUT2D eigenvalue weighted by atomic mass is 9.82. The van der Waals surface area contributed by atoms with E-state index >= 15 is 0 Å². The van der Waals surface area contributed by atoms with Crippen molar-refractivity contribution < 1.29 is 23.5 Å². The van der Waals surface area contributed by atoms with E-state index in [2.05, 4.69) is 32.5 Å². The average Bonchev–Trinajstić information content (AvgIpc) is 3.64. The lowest BCUT2D eigenvalue weighted by Crippen LogP contribution is -2.48. The number of carbonyl (C=O) groups excluding carboxylic acids is 2. The first-order valence-corrected chi connectivity index (χ1v) is 13.2. The molecule has 5 rings (SSSR count). The number of carbonyl (C=O) groups is 2. The Balaban J connectivity index is 1.35. The van der Waals surface area contributed by atoms with Gasteiger partial charge < -0.3 is 25.1 Å². The van der Waals surface area contributed by atoms with E-state index in [-0.39, 0.29) is 36.4 Å². The number of hydrogen-bond donors (Lipinski definition) is 3. The number of H-pyrrole nitrogens is 1. The molecular weight excluding hydrogens is 489 g/mol. The van der Waals surface area contributed by atoms with Crippen molar-refractivity contribution in [1.29, 1.82) is 0 Å². The number of aromatic nitrogens is 3. The van der Waals surface area contributed by atoms with Crippen LogP contribution in [0.2, 0.25) is 0 Å². The molecule has 2 heterocycles. The standard InChI is InChI=1S/C28H34FN5O4/c1-15-10-19(7-8-21(15)34-23(35)13-37-3)33-28(36)24-16(2)32-27-25(30-14-31-26(24)27)20-11-18(29)6-9-22(20)38-12-17-4-5-17/h6,9,11,14-15,17,19,21,32H,4-5,7-8,10,12-13H2,1-3H3,(H,33,36)(H,34,35)/t15-,19+,21-/m1/s1. The molecule has 3 atom stereocenters. The highest BCUT2D eigenvalue weighted by molar-refractivity contribution is 6.09. The van der Waals surface area contributed by atoms with Gasteiger partial charge in [0.15, 0.2) is 0 Å². The van der Waals surface area contributed by atoms with Crippen molar-refractivity contribution in [2.24, 2.45) is 11.8 Å². The third-order valence-corrected chi connectivity index (χ3v) is 7.49. The molecule has 2 aliphatic carbocycles. The molecule has 0 bridgehead atoms. The van der Waals surface area contributed by atoms with Crippen LogP contribution in [-0.4, -0.2) is 59.2 Å². The van der Waals surface area contributed by atoms with E-state index in [0.717, 1.165) is 32.1 Å². The molecule has 0 saturated heterocycles. The molecule has 3 aromatic rings. The summed E-state index contributed by atoms with van der Waals surface area (Å²) in [5.41, 5.74) is 3.16. The molecule has 2 fully saturated rings. The molecule has 9 nitrogen and oxygen atoms in total. The van der Waals surface area contributed by atoms with Gasteiger partial charge in [-0.3, -0.25) is 9.59 Å². The maximum atomic E-state index is 14.3. The molecule has 1 aromatic carbocycles. The van der Waals surface area contributed by atoms with Crippen LogP contribution in [0, 0.1) is 24.6 Å². The van der Waals surface area contributed by atoms with Crippen LogP contribution in [0.5, 0.6) is 5.75 Å². The Hall–Kier alpha value is -3.53. The molecule has 38 heavy (non-hydrogen) atoms. The summed E-state index contributed by atoms with van der Waals surface area (Å²) in [6.45, 7) is 4.52. The predicted molar refractivity (Wildman–Crippen MR) is 140 cm³/mol. The van der Waals surface area contributed by atoms with E-state index in [4.69, 9.17) is 9.47 Å². The molecule has 0 unspecified atom stereocenters. The molecular formula is C28H34FN5O4. The van der Waals surface area contributed by atoms with Crippen molar-refractivity contribution in [3.63, 3.8) is 0 Å². The number of aromatic amines is 1. The van der Waals surface area contributed by atoms with E-state index in [0.29, 0.717) is 51.8 Å². The molecule has 3 N–H and O–H groups in total. The van der Waals surface area contributed by atoms with Gasteiger partial charge in [-0.05, 0) is 69.1 Å². The Kier molecular flexibility index (Phi) is 7.60. The van der Waals surface area contributed by atoms with E-state index in [1.165, 1.54) is 25.6 Å². The highest BCUT2D eigenvalue weighted by atomic mass is 19.1. The summed E-state index contributed by atoms with van der Waals surface area (Å²) in [7, 11) is 1.50. The van der Waals surface area contributed by atoms with Crippen LogP contribution in [0.25, 0.3) is 22.3 Å². The molecule has 2 aliphatic rings. The molecule has 2 saturated carbocycles. The van der Waals surface area contributed by atoms with Gasteiger partial charge in [-0.25, -0.2) is 14.4 Å². The van der Waals surface area contributed by atoms with E-state index in [9.17, 15) is 14.0 Å². The second kappa shape index (κ2) is 11.1. The molecule has 2 aromatic heterocycles. The molecule has 10 heteroatoms. The van der Waals surface area contributed by atoms with Gasteiger partial charge in [-0.2, -0.15) is 0 Å². The summed E-state index contributed by atoms with van der Waals surface area (Å²) in [5, 5.41) is 6.18. The second-order valence-corrected chi connectivity index (χ2v) is 10.5. The fraction of sp³-hybridized carbons (Fsp3) is 0.500. The average molecular weight is 524 g/mol. The summed E-state index contributed by atoms with van der Waals surface area (Å²) in [4.78, 5) is 37.5. The smallest absolute Gasteiger partial charge is 0.255 e. The number of methoxy groups -OCH3 is 1. The first kappa shape index (κ1) is 26.1. The number of nitrogens with zero attached hydrogens (tertiary/aromatic N) is 2. The molecule has 202 valence electrons. The number of rotatable bonds is 9. The highest BCUT2D eigenvalue weighted by Crippen LogP contribution is 2.37. The first-order valence-electron chi connectivity index (χ1n) is 13.2. The van der Waals surface area contributed by atoms with Gasteiger partial charge in [0, 0.05) is 30.5 Å². The number of ether oxygens (including phenoxy) is 2.